The molecule has 0 saturated carbocycles. The highest BCUT2D eigenvalue weighted by Crippen LogP contribution is 2.38. The molecule has 4 nitrogen and oxygen atoms in total. The van der Waals surface area contributed by atoms with Crippen molar-refractivity contribution in [1.82, 2.24) is 0 Å². The fourth-order valence-electron chi connectivity index (χ4n) is 2.30. The van der Waals surface area contributed by atoms with Crippen molar-refractivity contribution >= 4 is 11.9 Å². The number of allylic oxidation sites excluding steroid dienone is 1. The largest absolute Gasteiger partial charge is 0.504 e. The highest BCUT2D eigenvalue weighted by Gasteiger charge is 2.20. The van der Waals surface area contributed by atoms with Crippen LogP contribution in [0.5, 0.6) is 17.2 Å². The molecule has 2 aromatic carbocycles. The van der Waals surface area contributed by atoms with Gasteiger partial charge >= 0.3 is 0 Å². The lowest BCUT2D eigenvalue weighted by Gasteiger charge is -2.14. The van der Waals surface area contributed by atoms with Crippen molar-refractivity contribution in [2.24, 2.45) is 0 Å². The second kappa shape index (κ2) is 6.80. The van der Waals surface area contributed by atoms with E-state index in [1.54, 1.807) is 13.0 Å². The molecule has 0 aliphatic heterocycles. The molecular weight excluding hydrogens is 280 g/mol. The van der Waals surface area contributed by atoms with Crippen LogP contribution in [-0.4, -0.2) is 25.1 Å². The van der Waals surface area contributed by atoms with Gasteiger partial charge in [0.05, 0.1) is 19.8 Å². The Morgan fingerprint density at radius 1 is 1.14 bits per heavy atom. The molecule has 1 N–H and O–H groups in total. The Hall–Kier alpha value is -2.75. The molecule has 2 aromatic rings. The molecule has 2 rings (SSSR count). The SMILES string of the molecule is COc1cc(O)c(OC)c(C)c1C(=O)C=Cc1ccccc1. The molecular formula is C18H18O4. The minimum absolute atomic E-state index is 0.0551. The molecule has 0 heterocycles. The molecule has 0 radical (unpaired) electrons. The minimum Gasteiger partial charge on any atom is -0.504 e. The van der Waals surface area contributed by atoms with Crippen molar-refractivity contribution in [3.8, 4) is 17.2 Å². The lowest BCUT2D eigenvalue weighted by molar-refractivity contribution is 0.104. The predicted octanol–water partition coefficient (Wildman–Crippen LogP) is 3.61. The predicted molar refractivity (Wildman–Crippen MR) is 85.8 cm³/mol. The van der Waals surface area contributed by atoms with Crippen molar-refractivity contribution in [2.45, 2.75) is 6.92 Å². The van der Waals surface area contributed by atoms with E-state index in [4.69, 9.17) is 9.47 Å². The topological polar surface area (TPSA) is 55.8 Å². The molecule has 0 fully saturated rings. The Morgan fingerprint density at radius 2 is 1.82 bits per heavy atom. The molecule has 0 bridgehead atoms. The van der Waals surface area contributed by atoms with E-state index in [0.29, 0.717) is 16.9 Å². The smallest absolute Gasteiger partial charge is 0.189 e. The van der Waals surface area contributed by atoms with E-state index >= 15 is 0 Å². The van der Waals surface area contributed by atoms with E-state index in [0.717, 1.165) is 5.56 Å². The molecule has 0 aliphatic carbocycles. The van der Waals surface area contributed by atoms with E-state index in [1.807, 2.05) is 30.3 Å². The lowest BCUT2D eigenvalue weighted by atomic mass is 10.0. The Labute approximate surface area is 129 Å². The molecule has 0 atom stereocenters. The van der Waals surface area contributed by atoms with Crippen molar-refractivity contribution in [2.75, 3.05) is 14.2 Å². The average Bonchev–Trinajstić information content (AvgIpc) is 2.53. The van der Waals surface area contributed by atoms with Gasteiger partial charge in [-0.1, -0.05) is 36.4 Å². The van der Waals surface area contributed by atoms with E-state index in [-0.39, 0.29) is 17.3 Å². The summed E-state index contributed by atoms with van der Waals surface area (Å²) in [5, 5.41) is 9.88. The number of hydrogen-bond acceptors (Lipinski definition) is 4. The van der Waals surface area contributed by atoms with Gasteiger partial charge in [-0.2, -0.15) is 0 Å². The number of ether oxygens (including phenoxy) is 2. The third-order valence-electron chi connectivity index (χ3n) is 3.36. The summed E-state index contributed by atoms with van der Waals surface area (Å²) < 4.78 is 10.4. The van der Waals surface area contributed by atoms with Crippen LogP contribution in [0.1, 0.15) is 21.5 Å². The Balaban J connectivity index is 2.43. The first-order valence-corrected chi connectivity index (χ1v) is 6.80. The zero-order valence-corrected chi connectivity index (χ0v) is 12.8. The maximum atomic E-state index is 12.5. The van der Waals surface area contributed by atoms with Crippen LogP contribution in [-0.2, 0) is 0 Å². The number of rotatable bonds is 5. The average molecular weight is 298 g/mol. The lowest BCUT2D eigenvalue weighted by Crippen LogP contribution is -2.04. The van der Waals surface area contributed by atoms with Crippen molar-refractivity contribution in [3.05, 3.63) is 59.2 Å². The van der Waals surface area contributed by atoms with Crippen molar-refractivity contribution in [1.29, 1.82) is 0 Å². The van der Waals surface area contributed by atoms with E-state index in [9.17, 15) is 9.90 Å². The fraction of sp³-hybridized carbons (Fsp3) is 0.167. The van der Waals surface area contributed by atoms with Gasteiger partial charge in [0.25, 0.3) is 0 Å². The molecule has 22 heavy (non-hydrogen) atoms. The second-order valence-corrected chi connectivity index (χ2v) is 4.74. The van der Waals surface area contributed by atoms with Crippen molar-refractivity contribution in [3.63, 3.8) is 0 Å². The van der Waals surface area contributed by atoms with Gasteiger partial charge in [0.15, 0.2) is 17.3 Å². The normalized spacial score (nSPS) is 10.7. The molecule has 0 amide bonds. The summed E-state index contributed by atoms with van der Waals surface area (Å²) in [6.07, 6.45) is 3.22. The summed E-state index contributed by atoms with van der Waals surface area (Å²) in [7, 11) is 2.90. The van der Waals surface area contributed by atoms with Gasteiger partial charge in [0, 0.05) is 11.6 Å². The van der Waals surface area contributed by atoms with Crippen LogP contribution in [0.3, 0.4) is 0 Å². The van der Waals surface area contributed by atoms with Crippen LogP contribution in [0.15, 0.2) is 42.5 Å². The van der Waals surface area contributed by atoms with Gasteiger partial charge in [-0.05, 0) is 18.6 Å². The number of benzene rings is 2. The van der Waals surface area contributed by atoms with E-state index in [1.165, 1.54) is 26.4 Å². The third kappa shape index (κ3) is 3.11. The van der Waals surface area contributed by atoms with Crippen LogP contribution >= 0.6 is 0 Å². The number of phenolic OH excluding ortho intramolecular Hbond substituents is 1. The van der Waals surface area contributed by atoms with Crippen LogP contribution in [0.4, 0.5) is 0 Å². The van der Waals surface area contributed by atoms with E-state index < -0.39 is 0 Å². The second-order valence-electron chi connectivity index (χ2n) is 4.74. The summed E-state index contributed by atoms with van der Waals surface area (Å²) in [5.41, 5.74) is 1.85. The summed E-state index contributed by atoms with van der Waals surface area (Å²) in [5.74, 6) is 0.327. The van der Waals surface area contributed by atoms with Gasteiger partial charge < -0.3 is 14.6 Å². The zero-order chi connectivity index (χ0) is 16.1. The van der Waals surface area contributed by atoms with Crippen LogP contribution in [0.25, 0.3) is 6.08 Å². The molecule has 0 aliphatic rings. The summed E-state index contributed by atoms with van der Waals surface area (Å²) in [6.45, 7) is 1.71. The summed E-state index contributed by atoms with van der Waals surface area (Å²) in [4.78, 5) is 12.5. The zero-order valence-electron chi connectivity index (χ0n) is 12.8. The van der Waals surface area contributed by atoms with Gasteiger partial charge in [-0.15, -0.1) is 0 Å². The van der Waals surface area contributed by atoms with Gasteiger partial charge in [0.1, 0.15) is 5.75 Å². The molecule has 0 aromatic heterocycles. The van der Waals surface area contributed by atoms with Crippen LogP contribution < -0.4 is 9.47 Å². The molecule has 114 valence electrons. The van der Waals surface area contributed by atoms with Crippen LogP contribution in [0, 0.1) is 6.92 Å². The van der Waals surface area contributed by atoms with E-state index in [2.05, 4.69) is 0 Å². The quantitative estimate of drug-likeness (QED) is 0.676. The monoisotopic (exact) mass is 298 g/mol. The standard InChI is InChI=1S/C18H18O4/c1-12-17(16(21-2)11-15(20)18(12)22-3)14(19)10-9-13-7-5-4-6-8-13/h4-11,20H,1-3H3. The maximum Gasteiger partial charge on any atom is 0.189 e. The highest BCUT2D eigenvalue weighted by molar-refractivity contribution is 6.10. The first-order valence-electron chi connectivity index (χ1n) is 6.80. The number of hydrogen-bond donors (Lipinski definition) is 1. The number of phenols is 1. The highest BCUT2D eigenvalue weighted by atomic mass is 16.5. The van der Waals surface area contributed by atoms with Crippen molar-refractivity contribution < 1.29 is 19.4 Å². The maximum absolute atomic E-state index is 12.5. The number of carbonyl (C=O) groups is 1. The minimum atomic E-state index is -0.212. The third-order valence-corrected chi connectivity index (χ3v) is 3.36. The molecule has 4 heteroatoms. The molecule has 0 spiro atoms. The number of aromatic hydroxyl groups is 1. The number of carbonyl (C=O) groups excluding carboxylic acids is 1. The van der Waals surface area contributed by atoms with Gasteiger partial charge in [-0.3, -0.25) is 4.79 Å². The summed E-state index contributed by atoms with van der Waals surface area (Å²) in [6, 6.07) is 10.9. The van der Waals surface area contributed by atoms with Gasteiger partial charge in [-0.25, -0.2) is 0 Å². The Bertz CT molecular complexity index is 703. The number of ketones is 1. The van der Waals surface area contributed by atoms with Crippen LogP contribution in [0.2, 0.25) is 0 Å². The number of methoxy groups -OCH3 is 2. The summed E-state index contributed by atoms with van der Waals surface area (Å²) >= 11 is 0. The van der Waals surface area contributed by atoms with Gasteiger partial charge in [0.2, 0.25) is 0 Å². The Morgan fingerprint density at radius 3 is 2.41 bits per heavy atom. The molecule has 0 unspecified atom stereocenters. The molecule has 0 saturated heterocycles. The Kier molecular flexibility index (Phi) is 4.84. The first-order chi connectivity index (χ1) is 10.6. The fourth-order valence-corrected chi connectivity index (χ4v) is 2.30. The first kappa shape index (κ1) is 15.6.